The molecule has 0 bridgehead atoms. The number of nitriles is 1. The van der Waals surface area contributed by atoms with Gasteiger partial charge in [-0.3, -0.25) is 38.7 Å². The third-order valence-electron chi connectivity index (χ3n) is 9.85. The van der Waals surface area contributed by atoms with Crippen LogP contribution in [0, 0.1) is 11.3 Å². The fourth-order valence-electron chi connectivity index (χ4n) is 7.25. The van der Waals surface area contributed by atoms with Crippen LogP contribution in [0.2, 0.25) is 0 Å². The Kier molecular flexibility index (Phi) is 11.7. The molecule has 53 heavy (non-hydrogen) atoms. The topological polar surface area (TPSA) is 198 Å². The quantitative estimate of drug-likeness (QED) is 0.267. The van der Waals surface area contributed by atoms with E-state index in [9.17, 15) is 34.0 Å². The van der Waals surface area contributed by atoms with Crippen molar-refractivity contribution in [2.75, 3.05) is 30.3 Å². The molecule has 3 aromatic rings. The van der Waals surface area contributed by atoms with E-state index in [-0.39, 0.29) is 36.1 Å². The Morgan fingerprint density at radius 2 is 1.34 bits per heavy atom. The number of rotatable bonds is 11. The monoisotopic (exact) mass is 719 g/mol. The molecule has 6 rings (SSSR count). The molecule has 3 N–H and O–H groups in total. The van der Waals surface area contributed by atoms with Crippen LogP contribution in [0.4, 0.5) is 11.4 Å². The van der Waals surface area contributed by atoms with Crippen LogP contribution in [0.25, 0.3) is 0 Å². The number of benzene rings is 1. The summed E-state index contributed by atoms with van der Waals surface area (Å²) in [7, 11) is 0. The third kappa shape index (κ3) is 8.49. The van der Waals surface area contributed by atoms with E-state index < -0.39 is 41.9 Å². The minimum atomic E-state index is -1.06. The van der Waals surface area contributed by atoms with Gasteiger partial charge in [0, 0.05) is 55.9 Å². The van der Waals surface area contributed by atoms with Gasteiger partial charge in [-0.05, 0) is 87.4 Å². The fourth-order valence-corrected chi connectivity index (χ4v) is 7.25. The summed E-state index contributed by atoms with van der Waals surface area (Å²) in [5.41, 5.74) is 1.39. The molecule has 2 aromatic heterocycles. The number of hydrogen-bond donors (Lipinski definition) is 3. The minimum Gasteiger partial charge on any atom is -0.340 e. The number of aromatic nitrogens is 2. The normalized spacial score (nSPS) is 20.0. The summed E-state index contributed by atoms with van der Waals surface area (Å²) >= 11 is 0. The van der Waals surface area contributed by atoms with Gasteiger partial charge in [0.2, 0.25) is 23.6 Å². The van der Waals surface area contributed by atoms with Crippen molar-refractivity contribution in [2.24, 2.45) is 0 Å². The SMILES string of the molecule is N#CCC[C@H](NC(=O)c1cccc(NC(=O)[C@@H]2CCCN2C(=O)[C@@H]2CCCN2C(=O)c2cccnc2)c1)C(=O)N1CCC[C@H]1C(=O)Nc1cccnc1. The molecule has 3 aliphatic rings. The van der Waals surface area contributed by atoms with Gasteiger partial charge >= 0.3 is 0 Å². The molecule has 0 radical (unpaired) electrons. The second kappa shape index (κ2) is 16.9. The fraction of sp³-hybridized carbons (Fsp3) is 0.395. The summed E-state index contributed by atoms with van der Waals surface area (Å²) < 4.78 is 0. The number of hydrogen-bond acceptors (Lipinski definition) is 9. The van der Waals surface area contributed by atoms with Gasteiger partial charge in [0.05, 0.1) is 23.5 Å². The van der Waals surface area contributed by atoms with Crippen LogP contribution in [0.3, 0.4) is 0 Å². The van der Waals surface area contributed by atoms with Gasteiger partial charge in [-0.2, -0.15) is 5.26 Å². The van der Waals surface area contributed by atoms with Crippen LogP contribution in [-0.4, -0.2) is 104 Å². The standard InChI is InChI=1S/C38H41N9O6/c39-16-2-12-29(37(52)45-19-5-13-30(45)35(50)43-28-11-4-18-41-24-28)44-33(48)25-8-1-10-27(22-25)42-34(49)31-14-6-20-46(31)38(53)32-15-7-21-47(32)36(51)26-9-3-17-40-23-26/h1,3-4,8-11,17-18,22-24,29-32H,2,5-7,12-15,19-21H2,(H,42,49)(H,43,50)(H,44,48)/t29-,30-,31-,32-/m0/s1. The maximum absolute atomic E-state index is 13.8. The summed E-state index contributed by atoms with van der Waals surface area (Å²) in [4.78, 5) is 93.5. The van der Waals surface area contributed by atoms with E-state index in [1.54, 1.807) is 58.6 Å². The van der Waals surface area contributed by atoms with Crippen LogP contribution in [0.1, 0.15) is 72.1 Å². The van der Waals surface area contributed by atoms with Crippen molar-refractivity contribution in [2.45, 2.75) is 75.5 Å². The molecule has 0 saturated carbocycles. The van der Waals surface area contributed by atoms with Crippen molar-refractivity contribution < 1.29 is 28.8 Å². The van der Waals surface area contributed by atoms with E-state index in [0.717, 1.165) is 0 Å². The van der Waals surface area contributed by atoms with Crippen molar-refractivity contribution in [3.63, 3.8) is 0 Å². The highest BCUT2D eigenvalue weighted by molar-refractivity contribution is 6.03. The van der Waals surface area contributed by atoms with Crippen molar-refractivity contribution in [1.29, 1.82) is 5.26 Å². The van der Waals surface area contributed by atoms with Gasteiger partial charge in [-0.1, -0.05) is 6.07 Å². The lowest BCUT2D eigenvalue weighted by Gasteiger charge is -2.31. The van der Waals surface area contributed by atoms with Gasteiger partial charge in [-0.25, -0.2) is 0 Å². The van der Waals surface area contributed by atoms with E-state index in [0.29, 0.717) is 75.1 Å². The van der Waals surface area contributed by atoms with Crippen LogP contribution in [0.5, 0.6) is 0 Å². The molecule has 15 heteroatoms. The van der Waals surface area contributed by atoms with Crippen LogP contribution in [-0.2, 0) is 19.2 Å². The number of carbonyl (C=O) groups excluding carboxylic acids is 6. The Bertz CT molecular complexity index is 1890. The predicted molar refractivity (Wildman–Crippen MR) is 192 cm³/mol. The van der Waals surface area contributed by atoms with E-state index in [1.165, 1.54) is 29.4 Å². The molecule has 3 saturated heterocycles. The van der Waals surface area contributed by atoms with E-state index in [2.05, 4.69) is 25.9 Å². The van der Waals surface area contributed by atoms with Crippen LogP contribution < -0.4 is 16.0 Å². The molecule has 6 amide bonds. The van der Waals surface area contributed by atoms with Crippen LogP contribution >= 0.6 is 0 Å². The molecule has 5 heterocycles. The number of pyridine rings is 2. The lowest BCUT2D eigenvalue weighted by atomic mass is 10.1. The van der Waals surface area contributed by atoms with Crippen molar-refractivity contribution in [3.8, 4) is 6.07 Å². The second-order valence-corrected chi connectivity index (χ2v) is 13.3. The molecule has 0 aliphatic carbocycles. The van der Waals surface area contributed by atoms with Crippen LogP contribution in [0.15, 0.2) is 73.3 Å². The lowest BCUT2D eigenvalue weighted by Crippen LogP contribution is -2.52. The number of amides is 6. The minimum absolute atomic E-state index is 0.0000206. The van der Waals surface area contributed by atoms with Crippen molar-refractivity contribution in [1.82, 2.24) is 30.0 Å². The number of anilines is 2. The highest BCUT2D eigenvalue weighted by Gasteiger charge is 2.42. The first kappa shape index (κ1) is 36.6. The third-order valence-corrected chi connectivity index (χ3v) is 9.85. The van der Waals surface area contributed by atoms with E-state index in [1.807, 2.05) is 6.07 Å². The number of carbonyl (C=O) groups is 6. The second-order valence-electron chi connectivity index (χ2n) is 13.3. The number of nitrogens with one attached hydrogen (secondary N) is 3. The first-order valence-electron chi connectivity index (χ1n) is 17.9. The van der Waals surface area contributed by atoms with Gasteiger partial charge in [-0.15, -0.1) is 0 Å². The molecule has 3 fully saturated rings. The average Bonchev–Trinajstić information content (AvgIpc) is 3.98. The maximum atomic E-state index is 13.8. The maximum Gasteiger partial charge on any atom is 0.256 e. The Hall–Kier alpha value is -6.17. The van der Waals surface area contributed by atoms with Gasteiger partial charge in [0.15, 0.2) is 0 Å². The summed E-state index contributed by atoms with van der Waals surface area (Å²) in [6.07, 6.45) is 9.48. The first-order chi connectivity index (χ1) is 25.7. The highest BCUT2D eigenvalue weighted by Crippen LogP contribution is 2.27. The molecule has 4 atom stereocenters. The largest absolute Gasteiger partial charge is 0.340 e. The van der Waals surface area contributed by atoms with Crippen molar-refractivity contribution in [3.05, 3.63) is 84.4 Å². The number of nitrogens with zero attached hydrogens (tertiary/aromatic N) is 6. The summed E-state index contributed by atoms with van der Waals surface area (Å²) in [6.45, 7) is 1.14. The summed E-state index contributed by atoms with van der Waals surface area (Å²) in [5, 5.41) is 17.7. The zero-order valence-corrected chi connectivity index (χ0v) is 29.1. The molecular weight excluding hydrogens is 678 g/mol. The Morgan fingerprint density at radius 3 is 2.02 bits per heavy atom. The summed E-state index contributed by atoms with van der Waals surface area (Å²) in [6, 6.07) is 11.7. The molecule has 1 aromatic carbocycles. The lowest BCUT2D eigenvalue weighted by molar-refractivity contribution is -0.139. The predicted octanol–water partition coefficient (Wildman–Crippen LogP) is 2.74. The van der Waals surface area contributed by atoms with Crippen molar-refractivity contribution >= 4 is 46.8 Å². The molecule has 3 aliphatic heterocycles. The highest BCUT2D eigenvalue weighted by atomic mass is 16.2. The van der Waals surface area contributed by atoms with Gasteiger partial charge < -0.3 is 30.7 Å². The Balaban J connectivity index is 1.09. The zero-order chi connectivity index (χ0) is 37.3. The van der Waals surface area contributed by atoms with E-state index in [4.69, 9.17) is 0 Å². The molecule has 15 nitrogen and oxygen atoms in total. The smallest absolute Gasteiger partial charge is 0.256 e. The molecule has 0 unspecified atom stereocenters. The van der Waals surface area contributed by atoms with E-state index >= 15 is 0 Å². The Morgan fingerprint density at radius 1 is 0.736 bits per heavy atom. The number of likely N-dealkylation sites (tertiary alicyclic amines) is 3. The summed E-state index contributed by atoms with van der Waals surface area (Å²) in [5.74, 6) is -2.37. The average molecular weight is 720 g/mol. The Labute approximate surface area is 306 Å². The first-order valence-corrected chi connectivity index (χ1v) is 17.9. The molecular formula is C38H41N9O6. The molecule has 0 spiro atoms. The van der Waals surface area contributed by atoms with Gasteiger partial charge in [0.1, 0.15) is 24.2 Å². The van der Waals surface area contributed by atoms with Gasteiger partial charge in [0.25, 0.3) is 11.8 Å². The molecule has 274 valence electrons. The zero-order valence-electron chi connectivity index (χ0n) is 29.1.